The SMILES string of the molecule is Cc1cc(B2OC(C)(C)C(C)(C)O2)cc(=O)n1C. The number of nitrogens with zero attached hydrogens (tertiary/aromatic N) is 1. The molecule has 1 aromatic rings. The highest BCUT2D eigenvalue weighted by molar-refractivity contribution is 6.62. The van der Waals surface area contributed by atoms with Gasteiger partial charge in [-0.25, -0.2) is 0 Å². The number of pyridine rings is 1. The molecule has 98 valence electrons. The Labute approximate surface area is 108 Å². The molecule has 4 nitrogen and oxygen atoms in total. The standard InChI is InChI=1S/C13H20BNO3/c1-9-7-10(8-11(16)15(9)6)14-17-12(2,3)13(4,5)18-14/h7-8H,1-6H3. The molecule has 0 spiro atoms. The van der Waals surface area contributed by atoms with Gasteiger partial charge >= 0.3 is 7.12 Å². The molecular weight excluding hydrogens is 229 g/mol. The normalized spacial score (nSPS) is 21.3. The van der Waals surface area contributed by atoms with E-state index in [1.54, 1.807) is 17.7 Å². The largest absolute Gasteiger partial charge is 0.495 e. The van der Waals surface area contributed by atoms with Gasteiger partial charge < -0.3 is 13.9 Å². The van der Waals surface area contributed by atoms with Gasteiger partial charge in [0.25, 0.3) is 0 Å². The van der Waals surface area contributed by atoms with Crippen molar-refractivity contribution in [2.24, 2.45) is 7.05 Å². The van der Waals surface area contributed by atoms with Crippen molar-refractivity contribution in [3.8, 4) is 0 Å². The summed E-state index contributed by atoms with van der Waals surface area (Å²) < 4.78 is 13.5. The van der Waals surface area contributed by atoms with Crippen molar-refractivity contribution >= 4 is 12.6 Å². The third-order valence-electron chi connectivity index (χ3n) is 4.05. The zero-order chi connectivity index (χ0) is 13.7. The van der Waals surface area contributed by atoms with Crippen LogP contribution in [0.1, 0.15) is 33.4 Å². The molecule has 1 aliphatic rings. The quantitative estimate of drug-likeness (QED) is 0.697. The first-order valence-corrected chi connectivity index (χ1v) is 6.17. The zero-order valence-electron chi connectivity index (χ0n) is 11.9. The molecule has 1 aliphatic heterocycles. The summed E-state index contributed by atoms with van der Waals surface area (Å²) in [4.78, 5) is 11.8. The van der Waals surface area contributed by atoms with Crippen LogP contribution in [-0.2, 0) is 16.4 Å². The van der Waals surface area contributed by atoms with E-state index in [0.717, 1.165) is 11.2 Å². The maximum atomic E-state index is 11.8. The fraction of sp³-hybridized carbons (Fsp3) is 0.615. The molecule has 0 bridgehead atoms. The van der Waals surface area contributed by atoms with Crippen LogP contribution in [0.4, 0.5) is 0 Å². The molecule has 0 N–H and O–H groups in total. The highest BCUT2D eigenvalue weighted by Crippen LogP contribution is 2.36. The van der Waals surface area contributed by atoms with E-state index in [9.17, 15) is 4.79 Å². The van der Waals surface area contributed by atoms with Crippen LogP contribution in [0, 0.1) is 6.92 Å². The Hall–Kier alpha value is -1.07. The second-order valence-corrected chi connectivity index (χ2v) is 5.92. The summed E-state index contributed by atoms with van der Waals surface area (Å²) in [6, 6.07) is 3.51. The van der Waals surface area contributed by atoms with Crippen LogP contribution in [0.3, 0.4) is 0 Å². The summed E-state index contributed by atoms with van der Waals surface area (Å²) in [6.07, 6.45) is 0. The third kappa shape index (κ3) is 2.02. The van der Waals surface area contributed by atoms with E-state index >= 15 is 0 Å². The molecule has 18 heavy (non-hydrogen) atoms. The molecule has 0 aliphatic carbocycles. The maximum Gasteiger partial charge on any atom is 0.495 e. The number of rotatable bonds is 1. The second kappa shape index (κ2) is 3.97. The predicted octanol–water partition coefficient (Wildman–Crippen LogP) is 0.993. The van der Waals surface area contributed by atoms with E-state index < -0.39 is 7.12 Å². The molecule has 2 rings (SSSR count). The molecule has 0 saturated carbocycles. The Morgan fingerprint density at radius 2 is 1.61 bits per heavy atom. The maximum absolute atomic E-state index is 11.8. The van der Waals surface area contributed by atoms with Crippen LogP contribution >= 0.6 is 0 Å². The monoisotopic (exact) mass is 249 g/mol. The van der Waals surface area contributed by atoms with Crippen LogP contribution in [0.15, 0.2) is 16.9 Å². The molecule has 1 aromatic heterocycles. The Morgan fingerprint density at radius 1 is 1.11 bits per heavy atom. The smallest absolute Gasteiger partial charge is 0.399 e. The van der Waals surface area contributed by atoms with Crippen LogP contribution in [0.2, 0.25) is 0 Å². The summed E-state index contributed by atoms with van der Waals surface area (Å²) in [5, 5.41) is 0. The third-order valence-corrected chi connectivity index (χ3v) is 4.05. The van der Waals surface area contributed by atoms with E-state index in [1.165, 1.54) is 0 Å². The zero-order valence-corrected chi connectivity index (χ0v) is 11.9. The van der Waals surface area contributed by atoms with Gasteiger partial charge in [-0.2, -0.15) is 0 Å². The first-order chi connectivity index (χ1) is 8.14. The molecule has 0 aromatic carbocycles. The Balaban J connectivity index is 2.39. The summed E-state index contributed by atoms with van der Waals surface area (Å²) >= 11 is 0. The second-order valence-electron chi connectivity index (χ2n) is 5.92. The molecule has 1 fully saturated rings. The molecule has 2 heterocycles. The number of hydrogen-bond donors (Lipinski definition) is 0. The van der Waals surface area contributed by atoms with Gasteiger partial charge in [0.1, 0.15) is 0 Å². The number of aromatic nitrogens is 1. The van der Waals surface area contributed by atoms with Gasteiger partial charge in [-0.1, -0.05) is 0 Å². The molecule has 1 saturated heterocycles. The highest BCUT2D eigenvalue weighted by Gasteiger charge is 2.51. The predicted molar refractivity (Wildman–Crippen MR) is 72.1 cm³/mol. The minimum Gasteiger partial charge on any atom is -0.399 e. The fourth-order valence-corrected chi connectivity index (χ4v) is 1.91. The fourth-order valence-electron chi connectivity index (χ4n) is 1.91. The van der Waals surface area contributed by atoms with Crippen molar-refractivity contribution in [3.63, 3.8) is 0 Å². The topological polar surface area (TPSA) is 40.5 Å². The Kier molecular flexibility index (Phi) is 2.95. The molecule has 0 unspecified atom stereocenters. The van der Waals surface area contributed by atoms with Gasteiger partial charge in [-0.3, -0.25) is 4.79 Å². The van der Waals surface area contributed by atoms with Crippen molar-refractivity contribution in [2.45, 2.75) is 45.8 Å². The lowest BCUT2D eigenvalue weighted by Crippen LogP contribution is -2.41. The van der Waals surface area contributed by atoms with Gasteiger partial charge in [0.05, 0.1) is 11.2 Å². The van der Waals surface area contributed by atoms with Gasteiger partial charge in [-0.15, -0.1) is 0 Å². The summed E-state index contributed by atoms with van der Waals surface area (Å²) in [5.74, 6) is 0. The summed E-state index contributed by atoms with van der Waals surface area (Å²) in [6.45, 7) is 9.90. The highest BCUT2D eigenvalue weighted by atomic mass is 16.7. The van der Waals surface area contributed by atoms with E-state index in [4.69, 9.17) is 9.31 Å². The van der Waals surface area contributed by atoms with Gasteiger partial charge in [0, 0.05) is 18.8 Å². The van der Waals surface area contributed by atoms with E-state index in [1.807, 2.05) is 40.7 Å². The lowest BCUT2D eigenvalue weighted by Gasteiger charge is -2.32. The first-order valence-electron chi connectivity index (χ1n) is 6.17. The average Bonchev–Trinajstić information content (AvgIpc) is 2.44. The van der Waals surface area contributed by atoms with Crippen LogP contribution < -0.4 is 11.0 Å². The van der Waals surface area contributed by atoms with Crippen molar-refractivity contribution in [2.75, 3.05) is 0 Å². The van der Waals surface area contributed by atoms with Crippen molar-refractivity contribution < 1.29 is 9.31 Å². The van der Waals surface area contributed by atoms with Gasteiger partial charge in [-0.05, 0) is 46.1 Å². The average molecular weight is 249 g/mol. The molecule has 5 heteroatoms. The molecular formula is C13H20BNO3. The molecule has 0 amide bonds. The Bertz CT molecular complexity index is 518. The first kappa shape index (κ1) is 13.4. The van der Waals surface area contributed by atoms with Crippen LogP contribution in [0.25, 0.3) is 0 Å². The van der Waals surface area contributed by atoms with Gasteiger partial charge in [0.2, 0.25) is 5.56 Å². The lowest BCUT2D eigenvalue weighted by atomic mass is 9.79. The number of aryl methyl sites for hydroxylation is 1. The minimum absolute atomic E-state index is 0.0419. The summed E-state index contributed by atoms with van der Waals surface area (Å²) in [5.41, 5.74) is 0.875. The molecule has 0 atom stereocenters. The lowest BCUT2D eigenvalue weighted by molar-refractivity contribution is 0.00578. The Morgan fingerprint density at radius 3 is 2.06 bits per heavy atom. The van der Waals surface area contributed by atoms with Crippen LogP contribution in [-0.4, -0.2) is 22.9 Å². The number of hydrogen-bond acceptors (Lipinski definition) is 3. The van der Waals surface area contributed by atoms with E-state index in [2.05, 4.69) is 0 Å². The van der Waals surface area contributed by atoms with Gasteiger partial charge in [0.15, 0.2) is 0 Å². The molecule has 0 radical (unpaired) electrons. The van der Waals surface area contributed by atoms with Crippen molar-refractivity contribution in [1.29, 1.82) is 0 Å². The van der Waals surface area contributed by atoms with E-state index in [0.29, 0.717) is 0 Å². The van der Waals surface area contributed by atoms with Crippen molar-refractivity contribution in [3.05, 3.63) is 28.2 Å². The van der Waals surface area contributed by atoms with Crippen LogP contribution in [0.5, 0.6) is 0 Å². The van der Waals surface area contributed by atoms with E-state index in [-0.39, 0.29) is 16.8 Å². The summed E-state index contributed by atoms with van der Waals surface area (Å²) in [7, 11) is 1.29. The van der Waals surface area contributed by atoms with Crippen molar-refractivity contribution in [1.82, 2.24) is 4.57 Å². The minimum atomic E-state index is -0.470.